The maximum Gasteiger partial charge on any atom is 0.0917 e. The topological polar surface area (TPSA) is 23.5 Å². The lowest BCUT2D eigenvalue weighted by Gasteiger charge is -2.24. The van der Waals surface area contributed by atoms with E-state index in [0.29, 0.717) is 0 Å². The molecule has 0 saturated carbocycles. The van der Waals surface area contributed by atoms with E-state index in [2.05, 4.69) is 43.9 Å². The van der Waals surface area contributed by atoms with E-state index in [4.69, 9.17) is 0 Å². The van der Waals surface area contributed by atoms with Crippen molar-refractivity contribution in [2.45, 2.75) is 59.0 Å². The largest absolute Gasteiger partial charge is 0.387 e. The Bertz CT molecular complexity index is 423. The summed E-state index contributed by atoms with van der Waals surface area (Å²) in [6.45, 7) is 9.55. The van der Waals surface area contributed by atoms with Gasteiger partial charge in [-0.1, -0.05) is 49.1 Å². The summed E-state index contributed by atoms with van der Waals surface area (Å²) >= 11 is 0. The standard InChI is InChI=1S/C19H31NO/c1-4-6-17-7-5-9-20(10-8-17)14-19(21)18-12-15(2)11-16(3)13-18/h11-13,17,19,21H,4-10,14H2,1-3H3. The lowest BCUT2D eigenvalue weighted by atomic mass is 9.96. The summed E-state index contributed by atoms with van der Waals surface area (Å²) in [5.41, 5.74) is 3.55. The number of β-amino-alcohol motifs (C(OH)–C–C–N with tert-alkyl or cyclic N) is 1. The molecule has 0 amide bonds. The third kappa shape index (κ3) is 5.12. The minimum atomic E-state index is -0.355. The van der Waals surface area contributed by atoms with Gasteiger partial charge < -0.3 is 10.0 Å². The molecule has 2 nitrogen and oxygen atoms in total. The Morgan fingerprint density at radius 3 is 2.52 bits per heavy atom. The molecule has 1 fully saturated rings. The molecule has 1 aromatic carbocycles. The molecule has 1 aliphatic rings. The highest BCUT2D eigenvalue weighted by atomic mass is 16.3. The van der Waals surface area contributed by atoms with E-state index in [1.807, 2.05) is 0 Å². The Kier molecular flexibility index (Phi) is 6.25. The molecule has 0 radical (unpaired) electrons. The van der Waals surface area contributed by atoms with Crippen LogP contribution in [0.4, 0.5) is 0 Å². The van der Waals surface area contributed by atoms with Gasteiger partial charge in [0, 0.05) is 6.54 Å². The number of aliphatic hydroxyl groups is 1. The Hall–Kier alpha value is -0.860. The Labute approximate surface area is 130 Å². The van der Waals surface area contributed by atoms with E-state index >= 15 is 0 Å². The number of nitrogens with zero attached hydrogens (tertiary/aromatic N) is 1. The minimum Gasteiger partial charge on any atom is -0.387 e. The first-order valence-electron chi connectivity index (χ1n) is 8.57. The fourth-order valence-electron chi connectivity index (χ4n) is 3.66. The van der Waals surface area contributed by atoms with E-state index in [-0.39, 0.29) is 6.10 Å². The first-order valence-corrected chi connectivity index (χ1v) is 8.57. The van der Waals surface area contributed by atoms with E-state index in [1.165, 1.54) is 43.2 Å². The van der Waals surface area contributed by atoms with E-state index in [9.17, 15) is 5.11 Å². The maximum atomic E-state index is 10.5. The molecular weight excluding hydrogens is 258 g/mol. The van der Waals surface area contributed by atoms with E-state index < -0.39 is 0 Å². The van der Waals surface area contributed by atoms with Gasteiger partial charge in [0.15, 0.2) is 0 Å². The fraction of sp³-hybridized carbons (Fsp3) is 0.684. The quantitative estimate of drug-likeness (QED) is 0.876. The van der Waals surface area contributed by atoms with Crippen LogP contribution in [0.2, 0.25) is 0 Å². The van der Waals surface area contributed by atoms with Gasteiger partial charge in [0.1, 0.15) is 0 Å². The number of aliphatic hydroxyl groups excluding tert-OH is 1. The van der Waals surface area contributed by atoms with Gasteiger partial charge in [0.05, 0.1) is 6.10 Å². The van der Waals surface area contributed by atoms with Crippen LogP contribution in [0.5, 0.6) is 0 Å². The molecular formula is C19H31NO. The molecule has 21 heavy (non-hydrogen) atoms. The van der Waals surface area contributed by atoms with Crippen LogP contribution in [0.25, 0.3) is 0 Å². The fourth-order valence-corrected chi connectivity index (χ4v) is 3.66. The average Bonchev–Trinajstić information content (AvgIpc) is 2.64. The second-order valence-electron chi connectivity index (χ2n) is 6.82. The first kappa shape index (κ1) is 16.5. The normalized spacial score (nSPS) is 22.0. The molecule has 0 spiro atoms. The van der Waals surface area contributed by atoms with Crippen molar-refractivity contribution in [1.82, 2.24) is 4.90 Å². The minimum absolute atomic E-state index is 0.355. The lowest BCUT2D eigenvalue weighted by molar-refractivity contribution is 0.114. The van der Waals surface area contributed by atoms with Crippen LogP contribution in [0.1, 0.15) is 61.8 Å². The van der Waals surface area contributed by atoms with Crippen LogP contribution in [-0.4, -0.2) is 29.6 Å². The Morgan fingerprint density at radius 1 is 1.14 bits per heavy atom. The van der Waals surface area contributed by atoms with Gasteiger partial charge in [-0.3, -0.25) is 0 Å². The predicted octanol–water partition coefficient (Wildman–Crippen LogP) is 4.24. The zero-order chi connectivity index (χ0) is 15.2. The number of benzene rings is 1. The monoisotopic (exact) mass is 289 g/mol. The molecule has 118 valence electrons. The van der Waals surface area contributed by atoms with Crippen LogP contribution in [0.3, 0.4) is 0 Å². The van der Waals surface area contributed by atoms with Gasteiger partial charge in [-0.05, 0) is 57.7 Å². The second-order valence-corrected chi connectivity index (χ2v) is 6.82. The molecule has 0 aliphatic carbocycles. The van der Waals surface area contributed by atoms with Gasteiger partial charge in [-0.15, -0.1) is 0 Å². The number of hydrogen-bond donors (Lipinski definition) is 1. The maximum absolute atomic E-state index is 10.5. The van der Waals surface area contributed by atoms with Crippen molar-refractivity contribution in [3.8, 4) is 0 Å². The van der Waals surface area contributed by atoms with Crippen molar-refractivity contribution in [2.24, 2.45) is 5.92 Å². The SMILES string of the molecule is CCCC1CCCN(CC(O)c2cc(C)cc(C)c2)CC1. The molecule has 1 aromatic rings. The van der Waals surface area contributed by atoms with Crippen molar-refractivity contribution in [2.75, 3.05) is 19.6 Å². The highest BCUT2D eigenvalue weighted by Crippen LogP contribution is 2.24. The van der Waals surface area contributed by atoms with Crippen LogP contribution < -0.4 is 0 Å². The Balaban J connectivity index is 1.91. The molecule has 2 atom stereocenters. The smallest absolute Gasteiger partial charge is 0.0917 e. The Morgan fingerprint density at radius 2 is 1.86 bits per heavy atom. The highest BCUT2D eigenvalue weighted by Gasteiger charge is 2.19. The molecule has 2 unspecified atom stereocenters. The van der Waals surface area contributed by atoms with Crippen LogP contribution in [0, 0.1) is 19.8 Å². The summed E-state index contributed by atoms with van der Waals surface area (Å²) in [7, 11) is 0. The van der Waals surface area contributed by atoms with Crippen LogP contribution >= 0.6 is 0 Å². The third-order valence-corrected chi connectivity index (χ3v) is 4.70. The molecule has 1 N–H and O–H groups in total. The predicted molar refractivity (Wildman–Crippen MR) is 89.6 cm³/mol. The van der Waals surface area contributed by atoms with Gasteiger partial charge in [-0.2, -0.15) is 0 Å². The number of aryl methyl sites for hydroxylation is 2. The average molecular weight is 289 g/mol. The summed E-state index contributed by atoms with van der Waals surface area (Å²) in [5, 5.41) is 10.5. The molecule has 2 rings (SSSR count). The molecule has 0 aromatic heterocycles. The van der Waals surface area contributed by atoms with Gasteiger partial charge in [0.2, 0.25) is 0 Å². The summed E-state index contributed by atoms with van der Waals surface area (Å²) < 4.78 is 0. The molecule has 0 bridgehead atoms. The zero-order valence-corrected chi connectivity index (χ0v) is 13.9. The van der Waals surface area contributed by atoms with Crippen LogP contribution in [0.15, 0.2) is 18.2 Å². The molecule has 1 heterocycles. The van der Waals surface area contributed by atoms with Crippen molar-refractivity contribution < 1.29 is 5.11 Å². The summed E-state index contributed by atoms with van der Waals surface area (Å²) in [6.07, 6.45) is 6.26. The molecule has 1 aliphatic heterocycles. The van der Waals surface area contributed by atoms with Gasteiger partial charge >= 0.3 is 0 Å². The number of rotatable bonds is 5. The van der Waals surface area contributed by atoms with E-state index in [0.717, 1.165) is 31.1 Å². The molecule has 1 saturated heterocycles. The summed E-state index contributed by atoms with van der Waals surface area (Å²) in [6, 6.07) is 6.41. The zero-order valence-electron chi connectivity index (χ0n) is 13.9. The summed E-state index contributed by atoms with van der Waals surface area (Å²) in [4.78, 5) is 2.46. The van der Waals surface area contributed by atoms with E-state index in [1.54, 1.807) is 0 Å². The lowest BCUT2D eigenvalue weighted by Crippen LogP contribution is -2.29. The number of likely N-dealkylation sites (tertiary alicyclic amines) is 1. The highest BCUT2D eigenvalue weighted by molar-refractivity contribution is 5.30. The van der Waals surface area contributed by atoms with Gasteiger partial charge in [0.25, 0.3) is 0 Å². The summed E-state index contributed by atoms with van der Waals surface area (Å²) in [5.74, 6) is 0.901. The van der Waals surface area contributed by atoms with Crippen LogP contribution in [-0.2, 0) is 0 Å². The number of hydrogen-bond acceptors (Lipinski definition) is 2. The first-order chi connectivity index (χ1) is 10.1. The second kappa shape index (κ2) is 7.95. The molecule has 2 heteroatoms. The van der Waals surface area contributed by atoms with Crippen molar-refractivity contribution in [3.63, 3.8) is 0 Å². The van der Waals surface area contributed by atoms with Crippen molar-refractivity contribution in [1.29, 1.82) is 0 Å². The van der Waals surface area contributed by atoms with Crippen molar-refractivity contribution in [3.05, 3.63) is 34.9 Å². The van der Waals surface area contributed by atoms with Crippen molar-refractivity contribution >= 4 is 0 Å². The van der Waals surface area contributed by atoms with Gasteiger partial charge in [-0.25, -0.2) is 0 Å². The third-order valence-electron chi connectivity index (χ3n) is 4.70.